The van der Waals surface area contributed by atoms with Crippen molar-refractivity contribution in [3.8, 4) is 11.1 Å². The molecule has 43 heavy (non-hydrogen) atoms. The van der Waals surface area contributed by atoms with Crippen LogP contribution in [0.1, 0.15) is 54.1 Å². The van der Waals surface area contributed by atoms with E-state index in [1.165, 1.54) is 6.07 Å². The van der Waals surface area contributed by atoms with Gasteiger partial charge in [0.15, 0.2) is 11.4 Å². The van der Waals surface area contributed by atoms with Crippen molar-refractivity contribution in [3.05, 3.63) is 86.9 Å². The third kappa shape index (κ3) is 7.06. The number of halogens is 1. The quantitative estimate of drug-likeness (QED) is 0.189. The molecular formula is C33H35ClN4O5. The number of oxazole rings is 1. The van der Waals surface area contributed by atoms with Gasteiger partial charge in [-0.1, -0.05) is 48.0 Å². The van der Waals surface area contributed by atoms with Crippen LogP contribution in [0.3, 0.4) is 0 Å². The monoisotopic (exact) mass is 602 g/mol. The van der Waals surface area contributed by atoms with E-state index in [4.69, 9.17) is 21.8 Å². The summed E-state index contributed by atoms with van der Waals surface area (Å²) in [6.07, 6.45) is 3.51. The van der Waals surface area contributed by atoms with Crippen LogP contribution >= 0.6 is 11.6 Å². The molecular weight excluding hydrogens is 568 g/mol. The molecule has 10 heteroatoms. The summed E-state index contributed by atoms with van der Waals surface area (Å²) in [6.45, 7) is 4.13. The third-order valence-corrected chi connectivity index (χ3v) is 8.54. The number of Topliss-reactive ketones (excluding diaryl/α,β-unsaturated/α-hetero) is 1. The minimum Gasteiger partial charge on any atom is -0.406 e. The van der Waals surface area contributed by atoms with Crippen molar-refractivity contribution in [1.82, 2.24) is 10.3 Å². The van der Waals surface area contributed by atoms with E-state index in [2.05, 4.69) is 15.6 Å². The van der Waals surface area contributed by atoms with Crippen molar-refractivity contribution < 1.29 is 18.8 Å². The van der Waals surface area contributed by atoms with Crippen molar-refractivity contribution >= 4 is 46.0 Å². The summed E-state index contributed by atoms with van der Waals surface area (Å²) in [5.74, 6) is -0.945. The van der Waals surface area contributed by atoms with Gasteiger partial charge in [-0.2, -0.15) is 0 Å². The third-order valence-electron chi connectivity index (χ3n) is 8.26. The molecule has 1 fully saturated rings. The maximum absolute atomic E-state index is 13.6. The average molecular weight is 603 g/mol. The van der Waals surface area contributed by atoms with Crippen LogP contribution in [-0.4, -0.2) is 35.2 Å². The van der Waals surface area contributed by atoms with E-state index in [1.54, 1.807) is 13.0 Å². The minimum atomic E-state index is -0.861. The van der Waals surface area contributed by atoms with Crippen LogP contribution in [0.15, 0.2) is 63.8 Å². The summed E-state index contributed by atoms with van der Waals surface area (Å²) in [5.41, 5.74) is 11.3. The van der Waals surface area contributed by atoms with Gasteiger partial charge < -0.3 is 20.8 Å². The number of nitrogens with one attached hydrogen (secondary N) is 3. The lowest BCUT2D eigenvalue weighted by Gasteiger charge is -2.28. The number of carbonyl (C=O) groups excluding carboxylic acids is 3. The number of fused-ring (bicyclic) bond motifs is 1. The second-order valence-corrected chi connectivity index (χ2v) is 11.7. The van der Waals surface area contributed by atoms with Crippen LogP contribution in [0, 0.1) is 18.8 Å². The number of benzene rings is 3. The van der Waals surface area contributed by atoms with E-state index >= 15 is 0 Å². The van der Waals surface area contributed by atoms with E-state index in [-0.39, 0.29) is 34.6 Å². The molecule has 2 amide bonds. The highest BCUT2D eigenvalue weighted by Crippen LogP contribution is 2.30. The Hall–Kier alpha value is -4.21. The number of aryl methyl sites for hydroxylation is 1. The van der Waals surface area contributed by atoms with E-state index < -0.39 is 17.7 Å². The lowest BCUT2D eigenvalue weighted by Crippen LogP contribution is -2.48. The molecule has 1 heterocycles. The number of carbonyl (C=O) groups is 3. The first-order chi connectivity index (χ1) is 20.6. The summed E-state index contributed by atoms with van der Waals surface area (Å²) in [7, 11) is 0. The Kier molecular flexibility index (Phi) is 9.13. The molecule has 0 bridgehead atoms. The molecule has 3 aromatic carbocycles. The van der Waals surface area contributed by atoms with Crippen molar-refractivity contribution in [3.63, 3.8) is 0 Å². The first-order valence-electron chi connectivity index (χ1n) is 14.5. The zero-order chi connectivity index (χ0) is 30.7. The number of ketones is 1. The summed E-state index contributed by atoms with van der Waals surface area (Å²) in [4.78, 5) is 52.8. The SMILES string of the molecule is CC(=O)c1ccc(-c2ccc(CC(NC(=O)C3CCC(CN)CC3)C(=O)Nc3cc(Cl)c4oc(=O)[nH]c4c3)cc2)c(C)c1. The largest absolute Gasteiger partial charge is 0.417 e. The number of rotatable bonds is 9. The van der Waals surface area contributed by atoms with Crippen LogP contribution in [0.2, 0.25) is 5.02 Å². The molecule has 1 aromatic heterocycles. The molecule has 0 aliphatic heterocycles. The molecule has 0 saturated heterocycles. The first-order valence-corrected chi connectivity index (χ1v) is 14.8. The second kappa shape index (κ2) is 13.0. The van der Waals surface area contributed by atoms with Gasteiger partial charge in [-0.25, -0.2) is 4.79 Å². The fourth-order valence-electron chi connectivity index (χ4n) is 5.74. The van der Waals surface area contributed by atoms with Gasteiger partial charge in [-0.3, -0.25) is 19.4 Å². The van der Waals surface area contributed by atoms with Crippen LogP contribution in [0.4, 0.5) is 5.69 Å². The normalized spacial score (nSPS) is 17.4. The lowest BCUT2D eigenvalue weighted by atomic mass is 9.81. The number of H-pyrrole nitrogens is 1. The van der Waals surface area contributed by atoms with Crippen LogP contribution in [-0.2, 0) is 16.0 Å². The average Bonchev–Trinajstić information content (AvgIpc) is 3.37. The predicted octanol–water partition coefficient (Wildman–Crippen LogP) is 5.38. The highest BCUT2D eigenvalue weighted by Gasteiger charge is 2.29. The molecule has 0 radical (unpaired) electrons. The Morgan fingerprint density at radius 2 is 1.77 bits per heavy atom. The van der Waals surface area contributed by atoms with Gasteiger partial charge in [0.25, 0.3) is 0 Å². The Bertz CT molecular complexity index is 1720. The predicted molar refractivity (Wildman–Crippen MR) is 167 cm³/mol. The van der Waals surface area contributed by atoms with Crippen molar-refractivity contribution in [2.24, 2.45) is 17.6 Å². The number of amides is 2. The minimum absolute atomic E-state index is 0.0176. The van der Waals surface area contributed by atoms with E-state index in [0.717, 1.165) is 47.9 Å². The van der Waals surface area contributed by atoms with Crippen LogP contribution in [0.25, 0.3) is 22.2 Å². The molecule has 0 spiro atoms. The zero-order valence-corrected chi connectivity index (χ0v) is 24.9. The summed E-state index contributed by atoms with van der Waals surface area (Å²) < 4.78 is 5.05. The Morgan fingerprint density at radius 3 is 2.42 bits per heavy atom. The maximum Gasteiger partial charge on any atom is 0.417 e. The molecule has 1 atom stereocenters. The molecule has 5 N–H and O–H groups in total. The number of hydrogen-bond acceptors (Lipinski definition) is 6. The molecule has 5 rings (SSSR count). The fraction of sp³-hybridized carbons (Fsp3) is 0.333. The van der Waals surface area contributed by atoms with Gasteiger partial charge in [-0.15, -0.1) is 0 Å². The molecule has 1 aliphatic rings. The number of hydrogen-bond donors (Lipinski definition) is 4. The topological polar surface area (TPSA) is 147 Å². The van der Waals surface area contributed by atoms with E-state index in [0.29, 0.717) is 29.2 Å². The molecule has 224 valence electrons. The van der Waals surface area contributed by atoms with Crippen molar-refractivity contribution in [1.29, 1.82) is 0 Å². The first kappa shape index (κ1) is 30.3. The van der Waals surface area contributed by atoms with E-state index in [1.807, 2.05) is 49.4 Å². The number of anilines is 1. The molecule has 4 aromatic rings. The molecule has 1 unspecified atom stereocenters. The van der Waals surface area contributed by atoms with Crippen LogP contribution < -0.4 is 22.1 Å². The standard InChI is InChI=1S/C33H35ClN4O5/c1-18-13-24(19(2)39)11-12-26(18)22-7-3-20(4-8-22)14-29(37-31(40)23-9-5-21(17-35)6-10-23)32(41)36-25-15-27(34)30-28(16-25)38-33(42)43-30/h3-4,7-8,11-13,15-16,21,23,29H,5-6,9-10,14,17,35H2,1-2H3,(H,36,41)(H,37,40)(H,38,42). The van der Waals surface area contributed by atoms with Gasteiger partial charge in [0.2, 0.25) is 11.8 Å². The highest BCUT2D eigenvalue weighted by atomic mass is 35.5. The molecule has 1 saturated carbocycles. The fourth-order valence-corrected chi connectivity index (χ4v) is 6.00. The van der Waals surface area contributed by atoms with Gasteiger partial charge >= 0.3 is 5.76 Å². The summed E-state index contributed by atoms with van der Waals surface area (Å²) in [6, 6.07) is 15.6. The van der Waals surface area contributed by atoms with Crippen LogP contribution in [0.5, 0.6) is 0 Å². The Balaban J connectivity index is 1.36. The number of aromatic nitrogens is 1. The van der Waals surface area contributed by atoms with Gasteiger partial charge in [0, 0.05) is 23.6 Å². The maximum atomic E-state index is 13.6. The van der Waals surface area contributed by atoms with Gasteiger partial charge in [0.05, 0.1) is 10.5 Å². The Labute approximate surface area is 254 Å². The lowest BCUT2D eigenvalue weighted by molar-refractivity contribution is -0.130. The highest BCUT2D eigenvalue weighted by molar-refractivity contribution is 6.35. The van der Waals surface area contributed by atoms with Gasteiger partial charge in [0.1, 0.15) is 6.04 Å². The van der Waals surface area contributed by atoms with Crippen molar-refractivity contribution in [2.75, 3.05) is 11.9 Å². The Morgan fingerprint density at radius 1 is 1.05 bits per heavy atom. The molecule has 9 nitrogen and oxygen atoms in total. The number of aromatic amines is 1. The smallest absolute Gasteiger partial charge is 0.406 e. The van der Waals surface area contributed by atoms with Gasteiger partial charge in [-0.05, 0) is 92.4 Å². The molecule has 1 aliphatic carbocycles. The number of nitrogens with two attached hydrogens (primary N) is 1. The summed E-state index contributed by atoms with van der Waals surface area (Å²) >= 11 is 6.28. The van der Waals surface area contributed by atoms with E-state index in [9.17, 15) is 19.2 Å². The zero-order valence-electron chi connectivity index (χ0n) is 24.2. The second-order valence-electron chi connectivity index (χ2n) is 11.3. The van der Waals surface area contributed by atoms with Crippen molar-refractivity contribution in [2.45, 2.75) is 52.0 Å². The summed E-state index contributed by atoms with van der Waals surface area (Å²) in [5, 5.41) is 6.01.